The van der Waals surface area contributed by atoms with Crippen molar-refractivity contribution >= 4 is 16.6 Å². The first kappa shape index (κ1) is 18.0. The molecule has 2 aromatic carbocycles. The Hall–Kier alpha value is -3.10. The number of aliphatic hydroxyl groups is 1. The number of nitrogens with zero attached hydrogens (tertiary/aromatic N) is 2. The second-order valence-electron chi connectivity index (χ2n) is 8.46. The van der Waals surface area contributed by atoms with Crippen molar-refractivity contribution < 1.29 is 10.2 Å². The van der Waals surface area contributed by atoms with Crippen LogP contribution in [0, 0.1) is 17.8 Å². The van der Waals surface area contributed by atoms with Crippen LogP contribution in [0.2, 0.25) is 0 Å². The number of hydrogen-bond donors (Lipinski definition) is 3. The predicted molar refractivity (Wildman–Crippen MR) is 114 cm³/mol. The number of aromatic nitrogens is 2. The molecule has 2 fully saturated rings. The predicted octanol–water partition coefficient (Wildman–Crippen LogP) is 4.09. The van der Waals surface area contributed by atoms with Crippen molar-refractivity contribution in [2.45, 2.75) is 44.2 Å². The molecule has 0 saturated heterocycles. The van der Waals surface area contributed by atoms with Gasteiger partial charge in [0.05, 0.1) is 5.60 Å². The quantitative estimate of drug-likeness (QED) is 0.592. The number of nitrogens with one attached hydrogen (secondary N) is 1. The molecule has 0 unspecified atom stereocenters. The lowest BCUT2D eigenvalue weighted by molar-refractivity contribution is -0.0235. The van der Waals surface area contributed by atoms with Crippen LogP contribution in [0.1, 0.15) is 38.2 Å². The zero-order valence-electron chi connectivity index (χ0n) is 16.3. The van der Waals surface area contributed by atoms with Gasteiger partial charge in [0, 0.05) is 33.9 Å². The Balaban J connectivity index is 1.49. The summed E-state index contributed by atoms with van der Waals surface area (Å²) in [6, 6.07) is 13.6. The highest BCUT2D eigenvalue weighted by Gasteiger charge is 2.38. The van der Waals surface area contributed by atoms with Crippen LogP contribution in [-0.2, 0) is 0 Å². The smallest absolute Gasteiger partial charge is 0.156 e. The number of rotatable bonds is 3. The number of fused-ring (bicyclic) bond motifs is 1. The minimum Gasteiger partial charge on any atom is -0.507 e. The molecular formula is C24H23N3O2. The molecule has 0 bridgehead atoms. The van der Waals surface area contributed by atoms with Crippen LogP contribution >= 0.6 is 0 Å². The van der Waals surface area contributed by atoms with E-state index in [9.17, 15) is 10.2 Å². The van der Waals surface area contributed by atoms with E-state index >= 15 is 0 Å². The lowest BCUT2D eigenvalue weighted by Crippen LogP contribution is -2.48. The first-order chi connectivity index (χ1) is 14.0. The molecule has 5 nitrogen and oxygen atoms in total. The van der Waals surface area contributed by atoms with E-state index in [0.717, 1.165) is 16.3 Å². The Labute approximate surface area is 169 Å². The summed E-state index contributed by atoms with van der Waals surface area (Å²) in [5, 5.41) is 34.7. The van der Waals surface area contributed by atoms with E-state index in [1.807, 2.05) is 43.3 Å². The zero-order valence-corrected chi connectivity index (χ0v) is 16.3. The van der Waals surface area contributed by atoms with E-state index in [0.29, 0.717) is 35.8 Å². The lowest BCUT2D eigenvalue weighted by atomic mass is 9.77. The maximum atomic E-state index is 10.6. The molecule has 0 spiro atoms. The van der Waals surface area contributed by atoms with Crippen molar-refractivity contribution in [3.8, 4) is 28.8 Å². The van der Waals surface area contributed by atoms with E-state index < -0.39 is 5.60 Å². The Morgan fingerprint density at radius 3 is 2.52 bits per heavy atom. The first-order valence-corrected chi connectivity index (χ1v) is 10.1. The fourth-order valence-corrected chi connectivity index (χ4v) is 3.93. The molecule has 5 heteroatoms. The fourth-order valence-electron chi connectivity index (χ4n) is 3.93. The molecule has 146 valence electrons. The number of phenols is 1. The highest BCUT2D eigenvalue weighted by atomic mass is 16.3. The van der Waals surface area contributed by atoms with Crippen LogP contribution in [-0.4, -0.2) is 32.1 Å². The Morgan fingerprint density at radius 2 is 1.83 bits per heavy atom. The van der Waals surface area contributed by atoms with Crippen LogP contribution in [0.15, 0.2) is 42.5 Å². The van der Waals surface area contributed by atoms with Crippen molar-refractivity contribution in [1.82, 2.24) is 10.2 Å². The molecule has 1 heterocycles. The highest BCUT2D eigenvalue weighted by molar-refractivity contribution is 6.01. The summed E-state index contributed by atoms with van der Waals surface area (Å²) in [5.41, 5.74) is 1.50. The van der Waals surface area contributed by atoms with Crippen molar-refractivity contribution in [3.05, 3.63) is 48.0 Å². The van der Waals surface area contributed by atoms with E-state index in [-0.39, 0.29) is 11.8 Å². The first-order valence-electron chi connectivity index (χ1n) is 10.1. The van der Waals surface area contributed by atoms with Gasteiger partial charge in [0.2, 0.25) is 0 Å². The van der Waals surface area contributed by atoms with E-state index in [1.54, 1.807) is 6.07 Å². The summed E-state index contributed by atoms with van der Waals surface area (Å²) >= 11 is 0. The molecule has 0 atom stereocenters. The number of benzene rings is 2. The topological polar surface area (TPSA) is 78.3 Å². The molecule has 3 N–H and O–H groups in total. The molecule has 2 saturated carbocycles. The minimum atomic E-state index is -0.600. The molecule has 2 aliphatic carbocycles. The van der Waals surface area contributed by atoms with Crippen molar-refractivity contribution in [3.63, 3.8) is 0 Å². The summed E-state index contributed by atoms with van der Waals surface area (Å²) in [6.07, 6.45) is 3.73. The molecule has 0 radical (unpaired) electrons. The van der Waals surface area contributed by atoms with Gasteiger partial charge in [0.25, 0.3) is 0 Å². The van der Waals surface area contributed by atoms with Gasteiger partial charge in [-0.1, -0.05) is 36.1 Å². The molecule has 3 aromatic rings. The normalized spacial score (nSPS) is 23.2. The Morgan fingerprint density at radius 1 is 1.07 bits per heavy atom. The van der Waals surface area contributed by atoms with Gasteiger partial charge < -0.3 is 15.5 Å². The maximum absolute atomic E-state index is 10.6. The second kappa shape index (κ2) is 6.75. The standard InChI is InChI=1S/C24H23N3O2/c1-24(29)13-17(14-24)25-23-19-5-3-2-4-18(19)22(26-27-23)20-11-10-16(12-21(20)28)9-8-15-6-7-15/h2-5,10-12,15,17,28-29H,6-7,13-14H2,1H3,(H,25,27). The van der Waals surface area contributed by atoms with Gasteiger partial charge in [0.15, 0.2) is 5.82 Å². The van der Waals surface area contributed by atoms with Crippen molar-refractivity contribution in [1.29, 1.82) is 0 Å². The Bertz CT molecular complexity index is 1150. The maximum Gasteiger partial charge on any atom is 0.156 e. The highest BCUT2D eigenvalue weighted by Crippen LogP contribution is 2.38. The molecule has 5 rings (SSSR count). The third kappa shape index (κ3) is 3.64. The lowest BCUT2D eigenvalue weighted by Gasteiger charge is -2.41. The van der Waals surface area contributed by atoms with E-state index in [4.69, 9.17) is 0 Å². The number of anilines is 1. The SMILES string of the molecule is CC1(O)CC(Nc2nnc(-c3ccc(C#CC4CC4)cc3O)c3ccccc23)C1. The van der Waals surface area contributed by atoms with Crippen LogP contribution in [0.3, 0.4) is 0 Å². The van der Waals surface area contributed by atoms with Gasteiger partial charge in [-0.05, 0) is 50.8 Å². The van der Waals surface area contributed by atoms with Gasteiger partial charge in [-0.25, -0.2) is 0 Å². The largest absolute Gasteiger partial charge is 0.507 e. The van der Waals surface area contributed by atoms with Gasteiger partial charge >= 0.3 is 0 Å². The summed E-state index contributed by atoms with van der Waals surface area (Å²) in [4.78, 5) is 0. The zero-order chi connectivity index (χ0) is 20.0. The van der Waals surface area contributed by atoms with Gasteiger partial charge in [-0.3, -0.25) is 0 Å². The molecule has 1 aromatic heterocycles. The fraction of sp³-hybridized carbons (Fsp3) is 0.333. The van der Waals surface area contributed by atoms with Crippen LogP contribution in [0.25, 0.3) is 22.0 Å². The van der Waals surface area contributed by atoms with E-state index in [2.05, 4.69) is 27.4 Å². The Kier molecular flexibility index (Phi) is 4.18. The summed E-state index contributed by atoms with van der Waals surface area (Å²) in [7, 11) is 0. The van der Waals surface area contributed by atoms with Crippen LogP contribution < -0.4 is 5.32 Å². The van der Waals surface area contributed by atoms with Gasteiger partial charge in [-0.15, -0.1) is 10.2 Å². The summed E-state index contributed by atoms with van der Waals surface area (Å²) < 4.78 is 0. The molecule has 0 aliphatic heterocycles. The average molecular weight is 385 g/mol. The summed E-state index contributed by atoms with van der Waals surface area (Å²) in [6.45, 7) is 1.85. The van der Waals surface area contributed by atoms with E-state index in [1.165, 1.54) is 12.8 Å². The third-order valence-corrected chi connectivity index (χ3v) is 5.65. The number of hydrogen-bond acceptors (Lipinski definition) is 5. The molecular weight excluding hydrogens is 362 g/mol. The monoisotopic (exact) mass is 385 g/mol. The van der Waals surface area contributed by atoms with Crippen LogP contribution in [0.5, 0.6) is 5.75 Å². The van der Waals surface area contributed by atoms with Crippen molar-refractivity contribution in [2.75, 3.05) is 5.32 Å². The summed E-state index contributed by atoms with van der Waals surface area (Å²) in [5.74, 6) is 7.73. The minimum absolute atomic E-state index is 0.155. The number of aromatic hydroxyl groups is 1. The molecule has 0 amide bonds. The number of phenolic OH excluding ortho intramolecular Hbond substituents is 1. The third-order valence-electron chi connectivity index (χ3n) is 5.65. The second-order valence-corrected chi connectivity index (χ2v) is 8.46. The van der Waals surface area contributed by atoms with Gasteiger partial charge in [0.1, 0.15) is 11.4 Å². The van der Waals surface area contributed by atoms with Crippen LogP contribution in [0.4, 0.5) is 5.82 Å². The van der Waals surface area contributed by atoms with Crippen molar-refractivity contribution in [2.24, 2.45) is 5.92 Å². The molecule has 29 heavy (non-hydrogen) atoms. The van der Waals surface area contributed by atoms with Gasteiger partial charge in [-0.2, -0.15) is 0 Å². The average Bonchev–Trinajstić information content (AvgIpc) is 3.50. The molecule has 2 aliphatic rings.